The molecule has 0 aliphatic rings. The van der Waals surface area contributed by atoms with Crippen LogP contribution in [0.25, 0.3) is 0 Å². The first-order chi connectivity index (χ1) is 8.30. The number of rotatable bonds is 4. The first-order valence-corrected chi connectivity index (χ1v) is 5.74. The number of esters is 1. The molecular formula is C14H18O4. The largest absolute Gasteiger partial charge is 0.482 e. The fraction of sp³-hybridized carbons (Fsp3) is 0.429. The topological polar surface area (TPSA) is 52.6 Å². The zero-order valence-corrected chi connectivity index (χ0v) is 11.1. The molecule has 0 heterocycles. The summed E-state index contributed by atoms with van der Waals surface area (Å²) in [6.07, 6.45) is 0. The summed E-state index contributed by atoms with van der Waals surface area (Å²) in [7, 11) is 0. The number of hydrogen-bond acceptors (Lipinski definition) is 4. The number of Topliss-reactive ketones (excluding diaryl/α,β-unsaturated/α-hetero) is 1. The third-order valence-electron chi connectivity index (χ3n) is 2.30. The second-order valence-electron chi connectivity index (χ2n) is 5.00. The molecule has 1 aromatic carbocycles. The van der Waals surface area contributed by atoms with Crippen LogP contribution >= 0.6 is 0 Å². The van der Waals surface area contributed by atoms with Gasteiger partial charge in [0.2, 0.25) is 0 Å². The summed E-state index contributed by atoms with van der Waals surface area (Å²) >= 11 is 0. The average molecular weight is 250 g/mol. The lowest BCUT2D eigenvalue weighted by Gasteiger charge is -2.17. The molecule has 0 aromatic heterocycles. The Morgan fingerprint density at radius 3 is 2.17 bits per heavy atom. The van der Waals surface area contributed by atoms with E-state index in [2.05, 4.69) is 0 Å². The van der Waals surface area contributed by atoms with Crippen molar-refractivity contribution in [2.45, 2.75) is 27.7 Å². The molecule has 0 aliphatic heterocycles. The van der Waals surface area contributed by atoms with Gasteiger partial charge < -0.3 is 9.47 Å². The van der Waals surface area contributed by atoms with Crippen LogP contribution in [0.1, 0.15) is 27.7 Å². The Bertz CT molecular complexity index is 443. The van der Waals surface area contributed by atoms with Crippen LogP contribution in [0.4, 0.5) is 0 Å². The highest BCUT2D eigenvalue weighted by molar-refractivity contribution is 5.85. The van der Waals surface area contributed by atoms with Crippen LogP contribution in [0.3, 0.4) is 0 Å². The van der Waals surface area contributed by atoms with Crippen molar-refractivity contribution in [3.8, 4) is 11.5 Å². The molecule has 1 aromatic rings. The van der Waals surface area contributed by atoms with E-state index < -0.39 is 11.4 Å². The molecule has 0 unspecified atom stereocenters. The Kier molecular flexibility index (Phi) is 4.48. The van der Waals surface area contributed by atoms with Crippen molar-refractivity contribution < 1.29 is 19.1 Å². The molecule has 18 heavy (non-hydrogen) atoms. The molecule has 0 atom stereocenters. The van der Waals surface area contributed by atoms with E-state index in [1.54, 1.807) is 24.3 Å². The van der Waals surface area contributed by atoms with Crippen LogP contribution in [0.5, 0.6) is 11.5 Å². The number of hydrogen-bond donors (Lipinski definition) is 0. The van der Waals surface area contributed by atoms with Crippen molar-refractivity contribution >= 4 is 11.8 Å². The van der Waals surface area contributed by atoms with Crippen LogP contribution in [-0.2, 0) is 9.59 Å². The molecule has 0 amide bonds. The first-order valence-electron chi connectivity index (χ1n) is 5.74. The number of carbonyl (C=O) groups is 2. The third kappa shape index (κ3) is 4.20. The Balaban J connectivity index is 2.73. The van der Waals surface area contributed by atoms with Gasteiger partial charge in [-0.15, -0.1) is 0 Å². The lowest BCUT2D eigenvalue weighted by atomic mass is 9.91. The summed E-state index contributed by atoms with van der Waals surface area (Å²) in [6.45, 7) is 6.77. The third-order valence-corrected chi connectivity index (χ3v) is 2.30. The average Bonchev–Trinajstić information content (AvgIpc) is 2.25. The molecule has 0 fully saturated rings. The number of carbonyl (C=O) groups excluding carboxylic acids is 2. The second-order valence-corrected chi connectivity index (χ2v) is 5.00. The van der Waals surface area contributed by atoms with Gasteiger partial charge in [0.1, 0.15) is 6.61 Å². The molecule has 0 saturated heterocycles. The molecule has 0 saturated carbocycles. The Hall–Kier alpha value is -1.84. The molecule has 0 aliphatic carbocycles. The molecule has 0 N–H and O–H groups in total. The fourth-order valence-electron chi connectivity index (χ4n) is 1.17. The quantitative estimate of drug-likeness (QED) is 0.609. The van der Waals surface area contributed by atoms with Crippen molar-refractivity contribution in [3.63, 3.8) is 0 Å². The van der Waals surface area contributed by atoms with E-state index >= 15 is 0 Å². The Morgan fingerprint density at radius 1 is 1.11 bits per heavy atom. The summed E-state index contributed by atoms with van der Waals surface area (Å²) in [6, 6.07) is 6.77. The Labute approximate surface area is 107 Å². The molecule has 98 valence electrons. The molecule has 0 radical (unpaired) electrons. The molecule has 0 bridgehead atoms. The van der Waals surface area contributed by atoms with E-state index in [1.165, 1.54) is 6.92 Å². The van der Waals surface area contributed by atoms with Gasteiger partial charge in [-0.05, 0) is 12.1 Å². The van der Waals surface area contributed by atoms with E-state index in [9.17, 15) is 9.59 Å². The summed E-state index contributed by atoms with van der Waals surface area (Å²) in [5.41, 5.74) is -0.448. The van der Waals surface area contributed by atoms with Gasteiger partial charge in [-0.3, -0.25) is 9.59 Å². The maximum absolute atomic E-state index is 11.7. The lowest BCUT2D eigenvalue weighted by Crippen LogP contribution is -2.26. The predicted octanol–water partition coefficient (Wildman–Crippen LogP) is 2.61. The highest BCUT2D eigenvalue weighted by Crippen LogP contribution is 2.27. The minimum absolute atomic E-state index is 0.0138. The molecule has 1 rings (SSSR count). The maximum Gasteiger partial charge on any atom is 0.308 e. The second kappa shape index (κ2) is 5.67. The minimum Gasteiger partial charge on any atom is -0.482 e. The van der Waals surface area contributed by atoms with Crippen molar-refractivity contribution in [1.29, 1.82) is 0 Å². The molecule has 0 spiro atoms. The van der Waals surface area contributed by atoms with Gasteiger partial charge in [0.15, 0.2) is 17.3 Å². The van der Waals surface area contributed by atoms with Crippen molar-refractivity contribution in [3.05, 3.63) is 24.3 Å². The SMILES string of the molecule is CC(=O)Oc1ccccc1OCC(=O)C(C)(C)C. The van der Waals surface area contributed by atoms with Gasteiger partial charge in [0, 0.05) is 12.3 Å². The van der Waals surface area contributed by atoms with E-state index in [0.29, 0.717) is 11.5 Å². The summed E-state index contributed by atoms with van der Waals surface area (Å²) < 4.78 is 10.4. The van der Waals surface area contributed by atoms with Crippen LogP contribution in [-0.4, -0.2) is 18.4 Å². The van der Waals surface area contributed by atoms with E-state index in [4.69, 9.17) is 9.47 Å². The van der Waals surface area contributed by atoms with Gasteiger partial charge in [-0.1, -0.05) is 32.9 Å². The van der Waals surface area contributed by atoms with Crippen LogP contribution in [0.15, 0.2) is 24.3 Å². The Morgan fingerprint density at radius 2 is 1.67 bits per heavy atom. The normalized spacial score (nSPS) is 10.9. The summed E-state index contributed by atoms with van der Waals surface area (Å²) in [4.78, 5) is 22.7. The van der Waals surface area contributed by atoms with Gasteiger partial charge in [0.25, 0.3) is 0 Å². The van der Waals surface area contributed by atoms with E-state index in [-0.39, 0.29) is 12.4 Å². The first kappa shape index (κ1) is 14.2. The highest BCUT2D eigenvalue weighted by Gasteiger charge is 2.22. The standard InChI is InChI=1S/C14H18O4/c1-10(15)18-12-8-6-5-7-11(12)17-9-13(16)14(2,3)4/h5-8H,9H2,1-4H3. The number of ketones is 1. The molecular weight excluding hydrogens is 232 g/mol. The number of para-hydroxylation sites is 2. The predicted molar refractivity (Wildman–Crippen MR) is 67.7 cm³/mol. The lowest BCUT2D eigenvalue weighted by molar-refractivity contribution is -0.132. The van der Waals surface area contributed by atoms with E-state index in [1.807, 2.05) is 20.8 Å². The summed E-state index contributed by atoms with van der Waals surface area (Å²) in [5.74, 6) is 0.283. The van der Waals surface area contributed by atoms with E-state index in [0.717, 1.165) is 0 Å². The van der Waals surface area contributed by atoms with Gasteiger partial charge in [0.05, 0.1) is 0 Å². The van der Waals surface area contributed by atoms with Gasteiger partial charge in [-0.25, -0.2) is 0 Å². The fourth-order valence-corrected chi connectivity index (χ4v) is 1.17. The minimum atomic E-state index is -0.448. The van der Waals surface area contributed by atoms with Gasteiger partial charge in [-0.2, -0.15) is 0 Å². The van der Waals surface area contributed by atoms with Crippen LogP contribution < -0.4 is 9.47 Å². The molecule has 4 nitrogen and oxygen atoms in total. The smallest absolute Gasteiger partial charge is 0.308 e. The monoisotopic (exact) mass is 250 g/mol. The summed E-state index contributed by atoms with van der Waals surface area (Å²) in [5, 5.41) is 0. The molecule has 4 heteroatoms. The van der Waals surface area contributed by atoms with Crippen molar-refractivity contribution in [1.82, 2.24) is 0 Å². The maximum atomic E-state index is 11.7. The zero-order valence-electron chi connectivity index (χ0n) is 11.1. The van der Waals surface area contributed by atoms with Crippen molar-refractivity contribution in [2.24, 2.45) is 5.41 Å². The highest BCUT2D eigenvalue weighted by atomic mass is 16.6. The van der Waals surface area contributed by atoms with Gasteiger partial charge >= 0.3 is 5.97 Å². The number of ether oxygens (including phenoxy) is 2. The zero-order chi connectivity index (χ0) is 13.8. The van der Waals surface area contributed by atoms with Crippen LogP contribution in [0.2, 0.25) is 0 Å². The number of benzene rings is 1. The van der Waals surface area contributed by atoms with Crippen LogP contribution in [0, 0.1) is 5.41 Å². The van der Waals surface area contributed by atoms with Crippen molar-refractivity contribution in [2.75, 3.05) is 6.61 Å².